The molecule has 4 aromatic carbocycles. The van der Waals surface area contributed by atoms with Crippen molar-refractivity contribution in [1.82, 2.24) is 4.90 Å². The summed E-state index contributed by atoms with van der Waals surface area (Å²) in [6.07, 6.45) is -4.75. The van der Waals surface area contributed by atoms with E-state index in [2.05, 4.69) is 5.32 Å². The zero-order valence-corrected chi connectivity index (χ0v) is 27.9. The van der Waals surface area contributed by atoms with Gasteiger partial charge in [0.15, 0.2) is 5.60 Å². The number of hydrogen-bond acceptors (Lipinski definition) is 7. The van der Waals surface area contributed by atoms with E-state index in [4.69, 9.17) is 18.9 Å². The van der Waals surface area contributed by atoms with Crippen molar-refractivity contribution in [3.05, 3.63) is 96.1 Å². The summed E-state index contributed by atoms with van der Waals surface area (Å²) >= 11 is 0. The summed E-state index contributed by atoms with van der Waals surface area (Å²) in [6.45, 7) is 9.32. The van der Waals surface area contributed by atoms with Crippen molar-refractivity contribution >= 4 is 28.3 Å². The van der Waals surface area contributed by atoms with E-state index in [9.17, 15) is 22.8 Å². The van der Waals surface area contributed by atoms with Crippen LogP contribution in [-0.2, 0) is 31.8 Å². The van der Waals surface area contributed by atoms with Crippen molar-refractivity contribution in [1.29, 1.82) is 0 Å². The highest BCUT2D eigenvalue weighted by Crippen LogP contribution is 2.39. The van der Waals surface area contributed by atoms with E-state index in [-0.39, 0.29) is 18.0 Å². The van der Waals surface area contributed by atoms with E-state index in [1.54, 1.807) is 75.9 Å². The number of fused-ring (bicyclic) bond motifs is 1. The topological polar surface area (TPSA) is 86.3 Å². The molecule has 8 nitrogen and oxygen atoms in total. The van der Waals surface area contributed by atoms with Gasteiger partial charge in [-0.3, -0.25) is 9.69 Å². The maximum absolute atomic E-state index is 14.2. The second kappa shape index (κ2) is 15.1. The molecule has 4 rings (SSSR count). The van der Waals surface area contributed by atoms with Gasteiger partial charge in [-0.25, -0.2) is 4.79 Å². The number of methoxy groups -OCH3 is 1. The van der Waals surface area contributed by atoms with Gasteiger partial charge in [-0.05, 0) is 82.0 Å². The van der Waals surface area contributed by atoms with Gasteiger partial charge in [0.2, 0.25) is 5.91 Å². The number of anilines is 1. The SMILES string of the molecule is COCCN(CC(=O)Nc1ccc(Oc2cccc3ccccc23)cc1C(F)(F)F)Cc1ccc(OC(C)(C)C(=O)OC(C)(C)C)cc1. The molecule has 0 aliphatic carbocycles. The summed E-state index contributed by atoms with van der Waals surface area (Å²) in [5, 5.41) is 4.08. The Balaban J connectivity index is 1.44. The van der Waals surface area contributed by atoms with Gasteiger partial charge in [-0.15, -0.1) is 0 Å². The lowest BCUT2D eigenvalue weighted by Gasteiger charge is -2.29. The van der Waals surface area contributed by atoms with Crippen molar-refractivity contribution in [3.8, 4) is 17.2 Å². The van der Waals surface area contributed by atoms with E-state index >= 15 is 0 Å². The van der Waals surface area contributed by atoms with Crippen molar-refractivity contribution in [3.63, 3.8) is 0 Å². The Hall–Kier alpha value is -4.61. The largest absolute Gasteiger partial charge is 0.476 e. The van der Waals surface area contributed by atoms with Gasteiger partial charge >= 0.3 is 12.1 Å². The molecule has 0 aliphatic rings. The normalized spacial score (nSPS) is 12.2. The van der Waals surface area contributed by atoms with Gasteiger partial charge in [-0.1, -0.05) is 48.5 Å². The molecule has 0 radical (unpaired) electrons. The van der Waals surface area contributed by atoms with Crippen molar-refractivity contribution in [2.45, 2.75) is 58.5 Å². The Bertz CT molecular complexity index is 1710. The number of benzene rings is 4. The first-order valence-electron chi connectivity index (χ1n) is 15.4. The summed E-state index contributed by atoms with van der Waals surface area (Å²) in [6, 6.07) is 23.2. The third kappa shape index (κ3) is 10.2. The molecule has 0 saturated heterocycles. The first-order valence-corrected chi connectivity index (χ1v) is 15.4. The first-order chi connectivity index (χ1) is 22.5. The molecule has 0 fully saturated rings. The molecule has 0 unspecified atom stereocenters. The van der Waals surface area contributed by atoms with Crippen molar-refractivity contribution in [2.75, 3.05) is 32.1 Å². The van der Waals surface area contributed by atoms with E-state index in [0.717, 1.165) is 22.4 Å². The van der Waals surface area contributed by atoms with Crippen LogP contribution in [-0.4, -0.2) is 54.8 Å². The van der Waals surface area contributed by atoms with Crippen LogP contribution in [0.4, 0.5) is 18.9 Å². The minimum absolute atomic E-state index is 0.0136. The molecule has 4 aromatic rings. The molecule has 1 N–H and O–H groups in total. The number of nitrogens with zero attached hydrogens (tertiary/aromatic N) is 1. The van der Waals surface area contributed by atoms with Crippen LogP contribution in [0.1, 0.15) is 45.7 Å². The monoisotopic (exact) mass is 666 g/mol. The molecule has 48 heavy (non-hydrogen) atoms. The second-order valence-corrected chi connectivity index (χ2v) is 12.8. The van der Waals surface area contributed by atoms with E-state index in [0.29, 0.717) is 31.2 Å². The summed E-state index contributed by atoms with van der Waals surface area (Å²) < 4.78 is 64.9. The van der Waals surface area contributed by atoms with Crippen molar-refractivity contribution < 1.29 is 41.7 Å². The number of carbonyl (C=O) groups is 2. The standard InChI is InChI=1S/C37H41F3N2O6/c1-35(2,3)48-34(44)36(4,5)47-27-16-14-25(15-17-27)23-42(20-21-45-6)24-33(43)41-31-19-18-28(22-30(31)37(38,39)40)46-32-13-9-11-26-10-7-8-12-29(26)32/h7-19,22H,20-21,23-24H2,1-6H3,(H,41,43). The van der Waals surface area contributed by atoms with Gasteiger partial charge < -0.3 is 24.3 Å². The highest BCUT2D eigenvalue weighted by molar-refractivity contribution is 5.93. The predicted octanol–water partition coefficient (Wildman–Crippen LogP) is 8.24. The number of nitrogens with one attached hydrogen (secondary N) is 1. The number of ether oxygens (including phenoxy) is 4. The van der Waals surface area contributed by atoms with Gasteiger partial charge in [0.1, 0.15) is 22.8 Å². The minimum Gasteiger partial charge on any atom is -0.476 e. The highest BCUT2D eigenvalue weighted by atomic mass is 19.4. The van der Waals surface area contributed by atoms with Crippen LogP contribution in [0.25, 0.3) is 10.8 Å². The summed E-state index contributed by atoms with van der Waals surface area (Å²) in [5.74, 6) is -0.281. The third-order valence-electron chi connectivity index (χ3n) is 7.12. The fourth-order valence-corrected chi connectivity index (χ4v) is 4.83. The number of carbonyl (C=O) groups excluding carboxylic acids is 2. The molecule has 0 saturated carbocycles. The average Bonchev–Trinajstić information content (AvgIpc) is 3.00. The van der Waals surface area contributed by atoms with Crippen LogP contribution in [0.3, 0.4) is 0 Å². The average molecular weight is 667 g/mol. The quantitative estimate of drug-likeness (QED) is 0.144. The molecule has 0 heterocycles. The fourth-order valence-electron chi connectivity index (χ4n) is 4.83. The molecule has 11 heteroatoms. The first kappa shape index (κ1) is 36.2. The Kier molecular flexibility index (Phi) is 11.4. The smallest absolute Gasteiger partial charge is 0.418 e. The lowest BCUT2D eigenvalue weighted by Crippen LogP contribution is -2.43. The van der Waals surface area contributed by atoms with Crippen LogP contribution in [0.15, 0.2) is 84.9 Å². The number of alkyl halides is 3. The van der Waals surface area contributed by atoms with Gasteiger partial charge in [0.25, 0.3) is 0 Å². The molecular formula is C37H41F3N2O6. The number of hydrogen-bond donors (Lipinski definition) is 1. The number of esters is 1. The molecule has 0 spiro atoms. The lowest BCUT2D eigenvalue weighted by molar-refractivity contribution is -0.171. The van der Waals surface area contributed by atoms with E-state index in [1.807, 2.05) is 30.3 Å². The number of halogens is 3. The summed E-state index contributed by atoms with van der Waals surface area (Å²) in [4.78, 5) is 27.4. The predicted molar refractivity (Wildman–Crippen MR) is 178 cm³/mol. The van der Waals surface area contributed by atoms with Gasteiger partial charge in [-0.2, -0.15) is 13.2 Å². The lowest BCUT2D eigenvalue weighted by atomic mass is 10.1. The maximum Gasteiger partial charge on any atom is 0.418 e. The summed E-state index contributed by atoms with van der Waals surface area (Å²) in [7, 11) is 1.52. The Morgan fingerprint density at radius 2 is 1.50 bits per heavy atom. The Morgan fingerprint density at radius 3 is 2.17 bits per heavy atom. The van der Waals surface area contributed by atoms with Crippen LogP contribution in [0, 0.1) is 0 Å². The van der Waals surface area contributed by atoms with E-state index in [1.165, 1.54) is 19.2 Å². The molecule has 0 aromatic heterocycles. The van der Waals surface area contributed by atoms with Crippen LogP contribution in [0.5, 0.6) is 17.2 Å². The van der Waals surface area contributed by atoms with Crippen LogP contribution < -0.4 is 14.8 Å². The van der Waals surface area contributed by atoms with Gasteiger partial charge in [0.05, 0.1) is 24.4 Å². The fraction of sp³-hybridized carbons (Fsp3) is 0.351. The molecular weight excluding hydrogens is 625 g/mol. The molecule has 0 aliphatic heterocycles. The maximum atomic E-state index is 14.2. The number of rotatable bonds is 13. The molecule has 0 atom stereocenters. The Morgan fingerprint density at radius 1 is 0.833 bits per heavy atom. The van der Waals surface area contributed by atoms with Gasteiger partial charge in [0, 0.05) is 25.6 Å². The van der Waals surface area contributed by atoms with Crippen LogP contribution >= 0.6 is 0 Å². The Labute approximate surface area is 278 Å². The zero-order chi connectivity index (χ0) is 35.1. The molecule has 256 valence electrons. The zero-order valence-electron chi connectivity index (χ0n) is 27.9. The number of amides is 1. The van der Waals surface area contributed by atoms with Crippen molar-refractivity contribution in [2.24, 2.45) is 0 Å². The van der Waals surface area contributed by atoms with Crippen LogP contribution in [0.2, 0.25) is 0 Å². The summed E-state index contributed by atoms with van der Waals surface area (Å²) in [5.41, 5.74) is -2.48. The minimum atomic E-state index is -4.75. The third-order valence-corrected chi connectivity index (χ3v) is 7.12. The molecule has 0 bridgehead atoms. The van der Waals surface area contributed by atoms with E-state index < -0.39 is 34.8 Å². The highest BCUT2D eigenvalue weighted by Gasteiger charge is 2.36. The molecule has 1 amide bonds. The second-order valence-electron chi connectivity index (χ2n) is 12.8.